The van der Waals surface area contributed by atoms with Crippen LogP contribution < -0.4 is 10.5 Å². The Bertz CT molecular complexity index is 1950. The summed E-state index contributed by atoms with van der Waals surface area (Å²) >= 11 is 6.44. The number of carbonyl (C=O) groups is 1. The Morgan fingerprint density at radius 2 is 1.55 bits per heavy atom. The average Bonchev–Trinajstić information content (AvgIpc) is 3.57. The molecule has 4 aromatic carbocycles. The maximum atomic E-state index is 14.4. The first-order chi connectivity index (χ1) is 19.5. The third kappa shape index (κ3) is 3.80. The zero-order valence-electron chi connectivity index (χ0n) is 21.7. The van der Waals surface area contributed by atoms with E-state index in [0.29, 0.717) is 28.5 Å². The van der Waals surface area contributed by atoms with E-state index in [-0.39, 0.29) is 11.5 Å². The van der Waals surface area contributed by atoms with Gasteiger partial charge in [-0.15, -0.1) is 0 Å². The minimum Gasteiger partial charge on any atom is -0.354 e. The number of benzene rings is 4. The number of aryl methyl sites for hydroxylation is 1. The number of fused-ring (bicyclic) bond motifs is 2. The number of carbonyl (C=O) groups excluding carboxylic acids is 1. The fourth-order valence-electron chi connectivity index (χ4n) is 5.87. The molecule has 7 heteroatoms. The number of nitrogens with zero attached hydrogens (tertiary/aromatic N) is 2. The van der Waals surface area contributed by atoms with Gasteiger partial charge in [-0.2, -0.15) is 0 Å². The molecule has 0 bridgehead atoms. The van der Waals surface area contributed by atoms with E-state index >= 15 is 0 Å². The lowest BCUT2D eigenvalue weighted by Crippen LogP contribution is -2.28. The molecule has 196 valence electrons. The lowest BCUT2D eigenvalue weighted by molar-refractivity contribution is -0.118. The summed E-state index contributed by atoms with van der Waals surface area (Å²) in [4.78, 5) is 33.6. The topological polar surface area (TPSA) is 73.9 Å². The van der Waals surface area contributed by atoms with Crippen LogP contribution >= 0.6 is 11.6 Å². The van der Waals surface area contributed by atoms with Crippen LogP contribution in [0.1, 0.15) is 28.3 Å². The molecule has 0 fully saturated rings. The predicted molar refractivity (Wildman–Crippen MR) is 159 cm³/mol. The number of hydrogen-bond acceptors (Lipinski definition) is 2. The fourth-order valence-corrected chi connectivity index (χ4v) is 6.04. The maximum Gasteiger partial charge on any atom is 0.280 e. The number of H-pyrrole nitrogens is 2. The van der Waals surface area contributed by atoms with Crippen LogP contribution in [0.25, 0.3) is 27.8 Å². The summed E-state index contributed by atoms with van der Waals surface area (Å²) in [6.07, 6.45) is 0. The Kier molecular flexibility index (Phi) is 5.72. The van der Waals surface area contributed by atoms with E-state index in [4.69, 9.17) is 11.6 Å². The molecule has 6 aromatic rings. The van der Waals surface area contributed by atoms with E-state index < -0.39 is 5.92 Å². The van der Waals surface area contributed by atoms with Crippen LogP contribution in [0, 0.1) is 6.92 Å². The minimum absolute atomic E-state index is 0.0521. The van der Waals surface area contributed by atoms with Crippen molar-refractivity contribution in [3.63, 3.8) is 0 Å². The highest BCUT2D eigenvalue weighted by atomic mass is 35.5. The van der Waals surface area contributed by atoms with E-state index in [1.807, 2.05) is 110 Å². The summed E-state index contributed by atoms with van der Waals surface area (Å²) in [7, 11) is 0. The van der Waals surface area contributed by atoms with Gasteiger partial charge in [-0.05, 0) is 48.4 Å². The van der Waals surface area contributed by atoms with E-state index in [1.54, 1.807) is 9.58 Å². The number of amides is 1. The Labute approximate surface area is 235 Å². The molecule has 40 heavy (non-hydrogen) atoms. The Balaban J connectivity index is 1.45. The van der Waals surface area contributed by atoms with Crippen LogP contribution in [0.15, 0.2) is 108 Å². The van der Waals surface area contributed by atoms with E-state index in [9.17, 15) is 9.59 Å². The second-order valence-electron chi connectivity index (χ2n) is 10.1. The molecule has 0 saturated carbocycles. The number of hydrogen-bond donors (Lipinski definition) is 2. The Morgan fingerprint density at radius 1 is 0.850 bits per heavy atom. The number of nitrogens with one attached hydrogen (secondary N) is 2. The van der Waals surface area contributed by atoms with Gasteiger partial charge < -0.3 is 9.88 Å². The summed E-state index contributed by atoms with van der Waals surface area (Å²) in [5.74, 6) is -0.662. The Hall–Kier alpha value is -4.81. The molecular weight excluding hydrogens is 520 g/mol. The van der Waals surface area contributed by atoms with Crippen molar-refractivity contribution in [3.8, 4) is 16.9 Å². The molecule has 2 N–H and O–H groups in total. The highest BCUT2D eigenvalue weighted by molar-refractivity contribution is 6.31. The Morgan fingerprint density at radius 3 is 2.33 bits per heavy atom. The van der Waals surface area contributed by atoms with Gasteiger partial charge in [-0.25, -0.2) is 4.68 Å². The predicted octanol–water partition coefficient (Wildman–Crippen LogP) is 6.95. The lowest BCUT2D eigenvalue weighted by Gasteiger charge is -2.19. The molecule has 1 aliphatic heterocycles. The van der Waals surface area contributed by atoms with Gasteiger partial charge in [0.25, 0.3) is 5.56 Å². The molecule has 1 amide bonds. The van der Waals surface area contributed by atoms with Crippen molar-refractivity contribution in [1.82, 2.24) is 14.8 Å². The van der Waals surface area contributed by atoms with Crippen molar-refractivity contribution in [3.05, 3.63) is 141 Å². The zero-order valence-corrected chi connectivity index (χ0v) is 22.4. The van der Waals surface area contributed by atoms with Crippen LogP contribution in [0.5, 0.6) is 0 Å². The quantitative estimate of drug-likeness (QED) is 0.246. The molecule has 1 atom stereocenters. The highest BCUT2D eigenvalue weighted by Gasteiger charge is 2.41. The normalized spacial score (nSPS) is 14.7. The number of aromatic amines is 2. The van der Waals surface area contributed by atoms with Crippen molar-refractivity contribution in [2.45, 2.75) is 19.4 Å². The van der Waals surface area contributed by atoms with Crippen molar-refractivity contribution in [2.75, 3.05) is 4.90 Å². The minimum atomic E-state index is -0.610. The first kappa shape index (κ1) is 24.2. The van der Waals surface area contributed by atoms with Crippen LogP contribution in [-0.2, 0) is 11.3 Å². The third-order valence-corrected chi connectivity index (χ3v) is 7.90. The molecular formula is C33H25ClN4O2. The number of aromatic nitrogens is 3. The summed E-state index contributed by atoms with van der Waals surface area (Å²) in [5, 5.41) is 4.71. The lowest BCUT2D eigenvalue weighted by atomic mass is 9.88. The number of anilines is 1. The first-order valence-corrected chi connectivity index (χ1v) is 13.5. The summed E-state index contributed by atoms with van der Waals surface area (Å²) < 4.78 is 1.55. The number of halogens is 1. The van der Waals surface area contributed by atoms with Crippen LogP contribution in [0.4, 0.5) is 5.69 Å². The molecule has 6 nitrogen and oxygen atoms in total. The van der Waals surface area contributed by atoms with Gasteiger partial charge in [0.2, 0.25) is 5.91 Å². The third-order valence-electron chi connectivity index (χ3n) is 7.66. The van der Waals surface area contributed by atoms with Gasteiger partial charge >= 0.3 is 0 Å². The van der Waals surface area contributed by atoms with Gasteiger partial charge in [0.15, 0.2) is 0 Å². The molecule has 0 saturated heterocycles. The van der Waals surface area contributed by atoms with Gasteiger partial charge in [0, 0.05) is 32.9 Å². The standard InChI is InChI=1S/C33H25ClN4O2/c1-20-28(33(40)38(36-20)23-12-6-3-7-13-23)31-29(24-14-8-9-15-26(24)35-31)30-25-17-16-22(34)18-27(25)37(32(30)39)19-21-10-4-2-5-11-21/h2-18,30,35-36H,19H2,1H3. The van der Waals surface area contributed by atoms with Crippen molar-refractivity contribution >= 4 is 34.1 Å². The van der Waals surface area contributed by atoms with E-state index in [0.717, 1.165) is 39.0 Å². The maximum absolute atomic E-state index is 14.4. The summed E-state index contributed by atoms with van der Waals surface area (Å²) in [6.45, 7) is 2.31. The second kappa shape index (κ2) is 9.43. The summed E-state index contributed by atoms with van der Waals surface area (Å²) in [6, 6.07) is 32.9. The molecule has 2 aromatic heterocycles. The SMILES string of the molecule is Cc1[nH]n(-c2ccccc2)c(=O)c1-c1[nH]c2ccccc2c1C1C(=O)N(Cc2ccccc2)c2cc(Cl)ccc21. The highest BCUT2D eigenvalue weighted by Crippen LogP contribution is 2.48. The molecule has 7 rings (SSSR count). The first-order valence-electron chi connectivity index (χ1n) is 13.1. The number of rotatable bonds is 5. The van der Waals surface area contributed by atoms with Gasteiger partial charge in [0.05, 0.1) is 29.4 Å². The van der Waals surface area contributed by atoms with E-state index in [1.165, 1.54) is 0 Å². The molecule has 1 aliphatic rings. The molecule has 0 radical (unpaired) electrons. The van der Waals surface area contributed by atoms with Gasteiger partial charge in [-0.3, -0.25) is 14.7 Å². The largest absolute Gasteiger partial charge is 0.354 e. The zero-order chi connectivity index (χ0) is 27.4. The van der Waals surface area contributed by atoms with Crippen molar-refractivity contribution in [2.24, 2.45) is 0 Å². The fraction of sp³-hybridized carbons (Fsp3) is 0.0909. The molecule has 0 spiro atoms. The summed E-state index contributed by atoms with van der Waals surface area (Å²) in [5.41, 5.74) is 6.77. The van der Waals surface area contributed by atoms with E-state index in [2.05, 4.69) is 10.1 Å². The van der Waals surface area contributed by atoms with Crippen LogP contribution in [0.2, 0.25) is 5.02 Å². The number of para-hydroxylation sites is 2. The van der Waals surface area contributed by atoms with Crippen LogP contribution in [0.3, 0.4) is 0 Å². The second-order valence-corrected chi connectivity index (χ2v) is 10.5. The molecule has 0 aliphatic carbocycles. The van der Waals surface area contributed by atoms with Crippen LogP contribution in [-0.4, -0.2) is 20.7 Å². The molecule has 1 unspecified atom stereocenters. The smallest absolute Gasteiger partial charge is 0.280 e. The monoisotopic (exact) mass is 544 g/mol. The van der Waals surface area contributed by atoms with Crippen molar-refractivity contribution in [1.29, 1.82) is 0 Å². The molecule has 3 heterocycles. The average molecular weight is 545 g/mol. The van der Waals surface area contributed by atoms with Crippen molar-refractivity contribution < 1.29 is 4.79 Å². The van der Waals surface area contributed by atoms with Gasteiger partial charge in [0.1, 0.15) is 0 Å². The van der Waals surface area contributed by atoms with Gasteiger partial charge in [-0.1, -0.05) is 84.4 Å².